The second-order valence-corrected chi connectivity index (χ2v) is 6.18. The van der Waals surface area contributed by atoms with Gasteiger partial charge in [-0.3, -0.25) is 9.69 Å². The summed E-state index contributed by atoms with van der Waals surface area (Å²) in [5.41, 5.74) is 0. The highest BCUT2D eigenvalue weighted by atomic mass is 79.9. The third-order valence-electron chi connectivity index (χ3n) is 3.68. The second kappa shape index (κ2) is 5.54. The summed E-state index contributed by atoms with van der Waals surface area (Å²) in [6, 6.07) is 0. The highest BCUT2D eigenvalue weighted by Gasteiger charge is 2.28. The molecular weight excluding hydrogens is 308 g/mol. The van der Waals surface area contributed by atoms with Gasteiger partial charge in [0.1, 0.15) is 0 Å². The predicted molar refractivity (Wildman–Crippen MR) is 74.8 cm³/mol. The first-order valence-electron chi connectivity index (χ1n) is 6.71. The van der Waals surface area contributed by atoms with E-state index in [9.17, 15) is 4.79 Å². The third-order valence-corrected chi connectivity index (χ3v) is 4.09. The summed E-state index contributed by atoms with van der Waals surface area (Å²) in [5, 5.41) is 0. The predicted octanol–water partition coefficient (Wildman–Crippen LogP) is 1.41. The molecule has 3 rings (SSSR count). The van der Waals surface area contributed by atoms with Crippen molar-refractivity contribution in [2.24, 2.45) is 5.92 Å². The van der Waals surface area contributed by atoms with Crippen LogP contribution in [0.4, 0.5) is 0 Å². The van der Waals surface area contributed by atoms with Gasteiger partial charge >= 0.3 is 0 Å². The van der Waals surface area contributed by atoms with Gasteiger partial charge in [0.2, 0.25) is 5.82 Å². The Morgan fingerprint density at radius 3 is 2.42 bits per heavy atom. The summed E-state index contributed by atoms with van der Waals surface area (Å²) >= 11 is 3.27. The Morgan fingerprint density at radius 1 is 1.21 bits per heavy atom. The van der Waals surface area contributed by atoms with E-state index in [1.807, 2.05) is 4.90 Å². The smallest absolute Gasteiger partial charge is 0.291 e. The van der Waals surface area contributed by atoms with Crippen molar-refractivity contribution in [3.63, 3.8) is 0 Å². The first-order valence-corrected chi connectivity index (χ1v) is 7.51. The summed E-state index contributed by atoms with van der Waals surface area (Å²) in [6.45, 7) is 4.71. The minimum absolute atomic E-state index is 0.0569. The van der Waals surface area contributed by atoms with Crippen LogP contribution in [0.2, 0.25) is 0 Å². The van der Waals surface area contributed by atoms with Gasteiger partial charge in [0, 0.05) is 45.1 Å². The molecule has 0 radical (unpaired) electrons. The van der Waals surface area contributed by atoms with Gasteiger partial charge in [0.25, 0.3) is 5.91 Å². The maximum atomic E-state index is 12.2. The number of halogens is 1. The lowest BCUT2D eigenvalue weighted by Gasteiger charge is -2.34. The van der Waals surface area contributed by atoms with E-state index in [1.54, 1.807) is 12.4 Å². The first kappa shape index (κ1) is 13.0. The molecular formula is C13H17BrN4O. The van der Waals surface area contributed by atoms with Crippen molar-refractivity contribution in [2.75, 3.05) is 32.7 Å². The lowest BCUT2D eigenvalue weighted by Crippen LogP contribution is -2.49. The quantitative estimate of drug-likeness (QED) is 0.843. The molecule has 6 heteroatoms. The van der Waals surface area contributed by atoms with Crippen molar-refractivity contribution in [3.05, 3.63) is 22.7 Å². The van der Waals surface area contributed by atoms with Crippen LogP contribution in [0.3, 0.4) is 0 Å². The zero-order valence-electron chi connectivity index (χ0n) is 10.8. The van der Waals surface area contributed by atoms with Crippen LogP contribution in [-0.4, -0.2) is 58.4 Å². The Hall–Kier alpha value is -1.01. The van der Waals surface area contributed by atoms with Gasteiger partial charge in [0.05, 0.1) is 4.47 Å². The molecule has 2 aliphatic rings. The lowest BCUT2D eigenvalue weighted by molar-refractivity contribution is 0.0620. The monoisotopic (exact) mass is 324 g/mol. The molecule has 19 heavy (non-hydrogen) atoms. The average Bonchev–Trinajstić information content (AvgIpc) is 3.24. The summed E-state index contributed by atoms with van der Waals surface area (Å²) < 4.78 is 0.790. The van der Waals surface area contributed by atoms with E-state index in [0.29, 0.717) is 5.82 Å². The number of piperazine rings is 1. The molecule has 5 nitrogen and oxygen atoms in total. The van der Waals surface area contributed by atoms with Crippen LogP contribution in [0.15, 0.2) is 16.9 Å². The Labute approximate surface area is 121 Å². The molecule has 2 fully saturated rings. The first-order chi connectivity index (χ1) is 9.22. The van der Waals surface area contributed by atoms with Crippen LogP contribution < -0.4 is 0 Å². The Bertz CT molecular complexity index is 452. The summed E-state index contributed by atoms with van der Waals surface area (Å²) in [4.78, 5) is 24.7. The molecule has 0 aromatic carbocycles. The largest absolute Gasteiger partial charge is 0.333 e. The minimum atomic E-state index is -0.0569. The molecule has 1 aromatic rings. The maximum Gasteiger partial charge on any atom is 0.291 e. The molecule has 2 heterocycles. The Morgan fingerprint density at radius 2 is 1.84 bits per heavy atom. The van der Waals surface area contributed by atoms with E-state index in [2.05, 4.69) is 30.8 Å². The molecule has 1 aliphatic carbocycles. The molecule has 1 aromatic heterocycles. The molecule has 0 spiro atoms. The van der Waals surface area contributed by atoms with Crippen LogP contribution in [0.5, 0.6) is 0 Å². The van der Waals surface area contributed by atoms with Gasteiger partial charge < -0.3 is 4.90 Å². The van der Waals surface area contributed by atoms with E-state index in [1.165, 1.54) is 19.4 Å². The van der Waals surface area contributed by atoms with E-state index in [0.717, 1.165) is 36.6 Å². The van der Waals surface area contributed by atoms with Gasteiger partial charge in [-0.15, -0.1) is 0 Å². The van der Waals surface area contributed by atoms with Crippen molar-refractivity contribution < 1.29 is 4.79 Å². The number of carbonyl (C=O) groups excluding carboxylic acids is 1. The van der Waals surface area contributed by atoms with Crippen LogP contribution >= 0.6 is 15.9 Å². The minimum Gasteiger partial charge on any atom is -0.333 e. The molecule has 1 saturated carbocycles. The molecule has 0 bridgehead atoms. The van der Waals surface area contributed by atoms with Crippen molar-refractivity contribution in [2.45, 2.75) is 12.8 Å². The molecule has 1 saturated heterocycles. The molecule has 102 valence electrons. The topological polar surface area (TPSA) is 49.3 Å². The second-order valence-electron chi connectivity index (χ2n) is 5.26. The van der Waals surface area contributed by atoms with Crippen molar-refractivity contribution >= 4 is 21.8 Å². The third kappa shape index (κ3) is 3.30. The molecule has 0 unspecified atom stereocenters. The number of hydrogen-bond donors (Lipinski definition) is 0. The summed E-state index contributed by atoms with van der Waals surface area (Å²) in [5.74, 6) is 1.15. The molecule has 0 atom stereocenters. The number of amides is 1. The van der Waals surface area contributed by atoms with Crippen LogP contribution in [-0.2, 0) is 0 Å². The Balaban J connectivity index is 1.55. The molecule has 1 amide bonds. The highest BCUT2D eigenvalue weighted by molar-refractivity contribution is 9.10. The number of nitrogens with zero attached hydrogens (tertiary/aromatic N) is 4. The van der Waals surface area contributed by atoms with Crippen molar-refractivity contribution in [1.29, 1.82) is 0 Å². The van der Waals surface area contributed by atoms with Crippen molar-refractivity contribution in [3.8, 4) is 0 Å². The van der Waals surface area contributed by atoms with E-state index in [-0.39, 0.29) is 5.91 Å². The SMILES string of the molecule is O=C(c1ncc(Br)cn1)N1CCN(CC2CC2)CC1. The van der Waals surface area contributed by atoms with Gasteiger partial charge in [-0.2, -0.15) is 0 Å². The van der Waals surface area contributed by atoms with Gasteiger partial charge in [-0.25, -0.2) is 9.97 Å². The van der Waals surface area contributed by atoms with Gasteiger partial charge in [-0.05, 0) is 34.7 Å². The average molecular weight is 325 g/mol. The van der Waals surface area contributed by atoms with Crippen molar-refractivity contribution in [1.82, 2.24) is 19.8 Å². The zero-order chi connectivity index (χ0) is 13.2. The normalized spacial score (nSPS) is 20.6. The summed E-state index contributed by atoms with van der Waals surface area (Å²) in [7, 11) is 0. The van der Waals surface area contributed by atoms with Gasteiger partial charge in [-0.1, -0.05) is 0 Å². The van der Waals surface area contributed by atoms with E-state index < -0.39 is 0 Å². The fourth-order valence-corrected chi connectivity index (χ4v) is 2.57. The maximum absolute atomic E-state index is 12.2. The Kier molecular flexibility index (Phi) is 3.79. The van der Waals surface area contributed by atoms with Crippen LogP contribution in [0, 0.1) is 5.92 Å². The lowest BCUT2D eigenvalue weighted by atomic mass is 10.2. The standard InChI is InChI=1S/C13H17BrN4O/c14-11-7-15-12(16-8-11)13(19)18-5-3-17(4-6-18)9-10-1-2-10/h7-8,10H,1-6,9H2. The number of carbonyl (C=O) groups is 1. The van der Waals surface area contributed by atoms with Crippen LogP contribution in [0.1, 0.15) is 23.5 Å². The van der Waals surface area contributed by atoms with E-state index in [4.69, 9.17) is 0 Å². The highest BCUT2D eigenvalue weighted by Crippen LogP contribution is 2.29. The number of aromatic nitrogens is 2. The zero-order valence-corrected chi connectivity index (χ0v) is 12.3. The molecule has 1 aliphatic heterocycles. The van der Waals surface area contributed by atoms with E-state index >= 15 is 0 Å². The number of rotatable bonds is 3. The van der Waals surface area contributed by atoms with Gasteiger partial charge in [0.15, 0.2) is 0 Å². The fourth-order valence-electron chi connectivity index (χ4n) is 2.36. The summed E-state index contributed by atoms with van der Waals surface area (Å²) in [6.07, 6.45) is 5.99. The number of hydrogen-bond acceptors (Lipinski definition) is 4. The molecule has 0 N–H and O–H groups in total. The van der Waals surface area contributed by atoms with Crippen LogP contribution in [0.25, 0.3) is 0 Å². The fraction of sp³-hybridized carbons (Fsp3) is 0.615.